The summed E-state index contributed by atoms with van der Waals surface area (Å²) in [5, 5.41) is 5.25. The number of hydrogen-bond acceptors (Lipinski definition) is 5. The second-order valence-electron chi connectivity index (χ2n) is 4.83. The van der Waals surface area contributed by atoms with E-state index in [0.717, 1.165) is 16.8 Å². The lowest BCUT2D eigenvalue weighted by atomic mass is 10.2. The molecule has 5 nitrogen and oxygen atoms in total. The summed E-state index contributed by atoms with van der Waals surface area (Å²) < 4.78 is 5.57. The van der Waals surface area contributed by atoms with E-state index < -0.39 is 0 Å². The highest BCUT2D eigenvalue weighted by Crippen LogP contribution is 2.15. The molecule has 0 saturated heterocycles. The fourth-order valence-corrected chi connectivity index (χ4v) is 1.94. The third kappa shape index (κ3) is 3.02. The monoisotopic (exact) mass is 280 g/mol. The first-order valence-electron chi connectivity index (χ1n) is 6.64. The largest absolute Gasteiger partial charge is 0.440 e. The molecule has 5 heteroatoms. The number of furan rings is 1. The minimum atomic E-state index is 0.687. The minimum absolute atomic E-state index is 0.687. The van der Waals surface area contributed by atoms with Gasteiger partial charge in [-0.05, 0) is 24.3 Å². The highest BCUT2D eigenvalue weighted by Gasteiger charge is 2.01. The second-order valence-corrected chi connectivity index (χ2v) is 4.83. The van der Waals surface area contributed by atoms with Crippen LogP contribution in [0.4, 0.5) is 11.7 Å². The molecule has 2 aromatic heterocycles. The highest BCUT2D eigenvalue weighted by molar-refractivity contribution is 5.80. The lowest BCUT2D eigenvalue weighted by Crippen LogP contribution is -2.06. The molecule has 0 aliphatic heterocycles. The van der Waals surface area contributed by atoms with Crippen LogP contribution in [0.15, 0.2) is 58.0 Å². The number of rotatable bonds is 4. The van der Waals surface area contributed by atoms with Crippen molar-refractivity contribution in [3.05, 3.63) is 54.3 Å². The number of hydrazone groups is 1. The van der Waals surface area contributed by atoms with Crippen LogP contribution in [0.2, 0.25) is 0 Å². The number of fused-ring (bicyclic) bond motifs is 1. The van der Waals surface area contributed by atoms with Crippen LogP contribution < -0.4 is 10.3 Å². The van der Waals surface area contributed by atoms with Crippen molar-refractivity contribution in [2.45, 2.75) is 0 Å². The Morgan fingerprint density at radius 1 is 1.10 bits per heavy atom. The van der Waals surface area contributed by atoms with Crippen LogP contribution in [0.25, 0.3) is 10.9 Å². The first-order chi connectivity index (χ1) is 10.2. The Kier molecular flexibility index (Phi) is 3.55. The molecule has 0 aliphatic rings. The van der Waals surface area contributed by atoms with Crippen molar-refractivity contribution < 1.29 is 4.42 Å². The Bertz CT molecular complexity index is 777. The summed E-state index contributed by atoms with van der Waals surface area (Å²) in [4.78, 5) is 6.37. The highest BCUT2D eigenvalue weighted by atomic mass is 16.4. The molecule has 3 aromatic rings. The van der Waals surface area contributed by atoms with Crippen LogP contribution in [0.5, 0.6) is 0 Å². The summed E-state index contributed by atoms with van der Waals surface area (Å²) in [6.45, 7) is 0. The van der Waals surface area contributed by atoms with E-state index >= 15 is 0 Å². The average molecular weight is 280 g/mol. The summed E-state index contributed by atoms with van der Waals surface area (Å²) in [7, 11) is 3.86. The number of pyridine rings is 1. The van der Waals surface area contributed by atoms with Gasteiger partial charge in [-0.2, -0.15) is 5.10 Å². The second kappa shape index (κ2) is 5.66. The van der Waals surface area contributed by atoms with Crippen LogP contribution in [-0.4, -0.2) is 25.3 Å². The van der Waals surface area contributed by atoms with Gasteiger partial charge in [0.15, 0.2) is 5.88 Å². The number of benzene rings is 1. The van der Waals surface area contributed by atoms with Crippen LogP contribution in [0.3, 0.4) is 0 Å². The van der Waals surface area contributed by atoms with Gasteiger partial charge in [0.1, 0.15) is 11.6 Å². The number of nitrogens with zero attached hydrogens (tertiary/aromatic N) is 3. The quantitative estimate of drug-likeness (QED) is 0.588. The van der Waals surface area contributed by atoms with Gasteiger partial charge in [-0.25, -0.2) is 4.98 Å². The maximum Gasteiger partial charge on any atom is 0.195 e. The minimum Gasteiger partial charge on any atom is -0.440 e. The summed E-state index contributed by atoms with van der Waals surface area (Å²) in [5.41, 5.74) is 3.84. The van der Waals surface area contributed by atoms with Gasteiger partial charge in [0.05, 0.1) is 11.7 Å². The molecule has 2 heterocycles. The lowest BCUT2D eigenvalue weighted by Gasteiger charge is -2.05. The van der Waals surface area contributed by atoms with Gasteiger partial charge in [-0.1, -0.05) is 18.2 Å². The zero-order valence-corrected chi connectivity index (χ0v) is 11.9. The smallest absolute Gasteiger partial charge is 0.195 e. The van der Waals surface area contributed by atoms with Crippen molar-refractivity contribution in [3.8, 4) is 0 Å². The lowest BCUT2D eigenvalue weighted by molar-refractivity contribution is 0.558. The number of nitrogens with one attached hydrogen (secondary N) is 1. The summed E-state index contributed by atoms with van der Waals surface area (Å²) in [6, 6.07) is 15.6. The van der Waals surface area contributed by atoms with Gasteiger partial charge in [0.25, 0.3) is 0 Å². The molecular weight excluding hydrogens is 264 g/mol. The van der Waals surface area contributed by atoms with Crippen LogP contribution in [0.1, 0.15) is 5.76 Å². The van der Waals surface area contributed by atoms with Gasteiger partial charge < -0.3 is 9.32 Å². The van der Waals surface area contributed by atoms with Crippen molar-refractivity contribution in [1.29, 1.82) is 0 Å². The van der Waals surface area contributed by atoms with Gasteiger partial charge in [-0.15, -0.1) is 0 Å². The molecule has 3 rings (SSSR count). The molecular formula is C16H16N4O. The fourth-order valence-electron chi connectivity index (χ4n) is 1.94. The molecule has 21 heavy (non-hydrogen) atoms. The normalized spacial score (nSPS) is 11.1. The molecule has 0 radical (unpaired) electrons. The molecule has 106 valence electrons. The van der Waals surface area contributed by atoms with Gasteiger partial charge in [-0.3, -0.25) is 5.43 Å². The standard InChI is InChI=1S/C16H16N4O/c1-20(2)16-10-8-13(21-16)11-17-19-15-9-7-12-5-3-4-6-14(12)18-15/h3-11H,1-2H3,(H,18,19)/b17-11-. The van der Waals surface area contributed by atoms with Gasteiger partial charge in [0.2, 0.25) is 0 Å². The molecule has 0 aliphatic carbocycles. The fraction of sp³-hybridized carbons (Fsp3) is 0.125. The van der Waals surface area contributed by atoms with Crippen molar-refractivity contribution in [2.75, 3.05) is 24.4 Å². The van der Waals surface area contributed by atoms with E-state index in [4.69, 9.17) is 4.42 Å². The Labute approximate surface area is 122 Å². The molecule has 0 atom stereocenters. The average Bonchev–Trinajstić information content (AvgIpc) is 2.96. The Hall–Kier alpha value is -2.82. The summed E-state index contributed by atoms with van der Waals surface area (Å²) >= 11 is 0. The molecule has 0 spiro atoms. The van der Waals surface area contributed by atoms with Gasteiger partial charge in [0, 0.05) is 25.5 Å². The van der Waals surface area contributed by atoms with E-state index in [1.165, 1.54) is 0 Å². The summed E-state index contributed by atoms with van der Waals surface area (Å²) in [6.07, 6.45) is 1.63. The Morgan fingerprint density at radius 3 is 2.76 bits per heavy atom. The van der Waals surface area contributed by atoms with E-state index in [1.54, 1.807) is 6.21 Å². The third-order valence-electron chi connectivity index (χ3n) is 3.02. The summed E-state index contributed by atoms with van der Waals surface area (Å²) in [5.74, 6) is 2.18. The topological polar surface area (TPSA) is 53.7 Å². The number of anilines is 2. The zero-order valence-electron chi connectivity index (χ0n) is 11.9. The molecule has 0 bridgehead atoms. The predicted octanol–water partition coefficient (Wildman–Crippen LogP) is 3.34. The van der Waals surface area contributed by atoms with E-state index in [1.807, 2.05) is 67.5 Å². The van der Waals surface area contributed by atoms with E-state index in [-0.39, 0.29) is 0 Å². The first kappa shape index (κ1) is 13.2. The van der Waals surface area contributed by atoms with Crippen LogP contribution >= 0.6 is 0 Å². The Balaban J connectivity index is 1.71. The Morgan fingerprint density at radius 2 is 1.95 bits per heavy atom. The van der Waals surface area contributed by atoms with Gasteiger partial charge >= 0.3 is 0 Å². The first-order valence-corrected chi connectivity index (χ1v) is 6.64. The molecule has 0 amide bonds. The number of para-hydroxylation sites is 1. The molecule has 1 aromatic carbocycles. The maximum atomic E-state index is 5.57. The SMILES string of the molecule is CN(C)c1ccc(/C=N\Nc2ccc3ccccc3n2)o1. The van der Waals surface area contributed by atoms with Crippen molar-refractivity contribution >= 4 is 28.8 Å². The van der Waals surface area contributed by atoms with Crippen molar-refractivity contribution in [3.63, 3.8) is 0 Å². The molecule has 0 unspecified atom stereocenters. The molecule has 0 saturated carbocycles. The third-order valence-corrected chi connectivity index (χ3v) is 3.02. The van der Waals surface area contributed by atoms with E-state index in [0.29, 0.717) is 11.6 Å². The predicted molar refractivity (Wildman–Crippen MR) is 86.0 cm³/mol. The number of aromatic nitrogens is 1. The number of hydrogen-bond donors (Lipinski definition) is 1. The molecule has 0 fully saturated rings. The maximum absolute atomic E-state index is 5.57. The molecule has 1 N–H and O–H groups in total. The van der Waals surface area contributed by atoms with Crippen molar-refractivity contribution in [2.24, 2.45) is 5.10 Å². The van der Waals surface area contributed by atoms with Crippen LogP contribution in [0, 0.1) is 0 Å². The van der Waals surface area contributed by atoms with E-state index in [9.17, 15) is 0 Å². The van der Waals surface area contributed by atoms with E-state index in [2.05, 4.69) is 15.5 Å². The zero-order chi connectivity index (χ0) is 14.7. The van der Waals surface area contributed by atoms with Crippen molar-refractivity contribution in [1.82, 2.24) is 4.98 Å². The van der Waals surface area contributed by atoms with Crippen LogP contribution in [-0.2, 0) is 0 Å².